The number of azide groups is 1. The van der Waals surface area contributed by atoms with Crippen LogP contribution in [0.4, 0.5) is 5.82 Å². The van der Waals surface area contributed by atoms with Gasteiger partial charge in [0.25, 0.3) is 0 Å². The van der Waals surface area contributed by atoms with Gasteiger partial charge in [0, 0.05) is 21.2 Å². The monoisotopic (exact) mass is 244 g/mol. The largest absolute Gasteiger partial charge is 0.353 e. The van der Waals surface area contributed by atoms with Gasteiger partial charge in [0.2, 0.25) is 0 Å². The summed E-state index contributed by atoms with van der Waals surface area (Å²) in [6.45, 7) is 0. The molecule has 0 aliphatic heterocycles. The molecule has 6 nitrogen and oxygen atoms in total. The van der Waals surface area contributed by atoms with Gasteiger partial charge in [0.15, 0.2) is 11.0 Å². The van der Waals surface area contributed by atoms with Gasteiger partial charge in [-0.05, 0) is 16.7 Å². The van der Waals surface area contributed by atoms with E-state index in [4.69, 9.17) is 17.1 Å². The second kappa shape index (κ2) is 3.62. The Labute approximate surface area is 99.8 Å². The molecule has 0 fully saturated rings. The molecule has 1 N–H and O–H groups in total. The number of aromatic amines is 1. The molecule has 0 saturated heterocycles. The van der Waals surface area contributed by atoms with Gasteiger partial charge >= 0.3 is 0 Å². The molecule has 0 spiro atoms. The van der Waals surface area contributed by atoms with Crippen molar-refractivity contribution in [2.24, 2.45) is 5.11 Å². The third-order valence-electron chi connectivity index (χ3n) is 2.51. The fourth-order valence-corrected chi connectivity index (χ4v) is 2.06. The average Bonchev–Trinajstić information content (AvgIpc) is 2.73. The molecule has 0 atom stereocenters. The first-order valence-corrected chi connectivity index (χ1v) is 5.17. The highest BCUT2D eigenvalue weighted by atomic mass is 35.5. The topological polar surface area (TPSA) is 90.3 Å². The summed E-state index contributed by atoms with van der Waals surface area (Å²) in [5.41, 5.74) is 9.96. The Kier molecular flexibility index (Phi) is 2.11. The summed E-state index contributed by atoms with van der Waals surface area (Å²) in [6.07, 6.45) is 0. The Bertz CT molecular complexity index is 771. The zero-order valence-corrected chi connectivity index (χ0v) is 9.18. The molecule has 0 aliphatic rings. The summed E-state index contributed by atoms with van der Waals surface area (Å²) < 4.78 is 0. The van der Waals surface area contributed by atoms with Crippen molar-refractivity contribution in [1.29, 1.82) is 0 Å². The van der Waals surface area contributed by atoms with Crippen LogP contribution in [0.15, 0.2) is 29.4 Å². The SMILES string of the molecule is [N-]=[N+]=Nc1nnc(Cl)c2c1[nH]c1ccccc12. The zero-order valence-electron chi connectivity index (χ0n) is 8.42. The van der Waals surface area contributed by atoms with Crippen molar-refractivity contribution in [2.45, 2.75) is 0 Å². The number of nitrogens with zero attached hydrogens (tertiary/aromatic N) is 5. The number of rotatable bonds is 1. The lowest BCUT2D eigenvalue weighted by Crippen LogP contribution is -1.83. The Balaban J connectivity index is 2.58. The van der Waals surface area contributed by atoms with Gasteiger partial charge in [-0.3, -0.25) is 0 Å². The summed E-state index contributed by atoms with van der Waals surface area (Å²) in [4.78, 5) is 5.84. The van der Waals surface area contributed by atoms with Crippen molar-refractivity contribution in [3.8, 4) is 0 Å². The molecule has 0 amide bonds. The summed E-state index contributed by atoms with van der Waals surface area (Å²) in [5, 5.41) is 13.0. The van der Waals surface area contributed by atoms with E-state index in [1.54, 1.807) is 0 Å². The fourth-order valence-electron chi connectivity index (χ4n) is 1.83. The molecule has 0 bridgehead atoms. The molecule has 1 aromatic carbocycles. The van der Waals surface area contributed by atoms with Crippen LogP contribution in [-0.2, 0) is 0 Å². The van der Waals surface area contributed by atoms with Crippen LogP contribution in [-0.4, -0.2) is 15.2 Å². The number of para-hydroxylation sites is 1. The number of benzene rings is 1. The molecule has 0 aliphatic carbocycles. The van der Waals surface area contributed by atoms with E-state index in [2.05, 4.69) is 25.2 Å². The van der Waals surface area contributed by atoms with Crippen molar-refractivity contribution in [3.63, 3.8) is 0 Å². The first kappa shape index (κ1) is 9.89. The highest BCUT2D eigenvalue weighted by Gasteiger charge is 2.12. The molecule has 3 rings (SSSR count). The maximum absolute atomic E-state index is 8.47. The van der Waals surface area contributed by atoms with E-state index in [0.717, 1.165) is 16.3 Å². The normalized spacial score (nSPS) is 10.6. The smallest absolute Gasteiger partial charge is 0.173 e. The Hall–Kier alpha value is -2.30. The summed E-state index contributed by atoms with van der Waals surface area (Å²) in [6, 6.07) is 7.63. The van der Waals surface area contributed by atoms with Crippen LogP contribution in [0.5, 0.6) is 0 Å². The van der Waals surface area contributed by atoms with E-state index >= 15 is 0 Å². The van der Waals surface area contributed by atoms with Gasteiger partial charge in [-0.2, -0.15) is 0 Å². The van der Waals surface area contributed by atoms with Gasteiger partial charge in [0.1, 0.15) is 0 Å². The minimum atomic E-state index is 0.197. The van der Waals surface area contributed by atoms with Gasteiger partial charge in [-0.1, -0.05) is 29.8 Å². The molecule has 3 aromatic rings. The Morgan fingerprint density at radius 2 is 2.12 bits per heavy atom. The highest BCUT2D eigenvalue weighted by Crippen LogP contribution is 2.33. The quantitative estimate of drug-likeness (QED) is 0.402. The Morgan fingerprint density at radius 3 is 2.94 bits per heavy atom. The standard InChI is InChI=1S/C10H5ClN6/c11-9-7-5-3-1-2-4-6(5)13-8(7)10(15-14-9)16-17-12/h1-4,13H. The van der Waals surface area contributed by atoms with Crippen LogP contribution >= 0.6 is 11.6 Å². The molecule has 17 heavy (non-hydrogen) atoms. The van der Waals surface area contributed by atoms with Gasteiger partial charge in [0.05, 0.1) is 5.52 Å². The third kappa shape index (κ3) is 1.39. The lowest BCUT2D eigenvalue weighted by atomic mass is 10.2. The first-order valence-electron chi connectivity index (χ1n) is 4.79. The molecule has 2 heterocycles. The van der Waals surface area contributed by atoms with Gasteiger partial charge in [-0.25, -0.2) is 0 Å². The molecule has 0 radical (unpaired) electrons. The molecule has 82 valence electrons. The molecular weight excluding hydrogens is 240 g/mol. The number of fused-ring (bicyclic) bond motifs is 3. The van der Waals surface area contributed by atoms with Crippen LogP contribution in [0.2, 0.25) is 5.15 Å². The lowest BCUT2D eigenvalue weighted by Gasteiger charge is -1.95. The van der Waals surface area contributed by atoms with E-state index in [0.29, 0.717) is 5.52 Å². The first-order chi connectivity index (χ1) is 8.31. The highest BCUT2D eigenvalue weighted by molar-refractivity contribution is 6.37. The van der Waals surface area contributed by atoms with Gasteiger partial charge < -0.3 is 4.98 Å². The van der Waals surface area contributed by atoms with E-state index in [-0.39, 0.29) is 11.0 Å². The molecule has 2 aromatic heterocycles. The van der Waals surface area contributed by atoms with Crippen molar-refractivity contribution < 1.29 is 0 Å². The minimum Gasteiger partial charge on any atom is -0.353 e. The Morgan fingerprint density at radius 1 is 1.29 bits per heavy atom. The molecular formula is C10H5ClN6. The van der Waals surface area contributed by atoms with Crippen molar-refractivity contribution in [2.75, 3.05) is 0 Å². The summed E-state index contributed by atoms with van der Waals surface area (Å²) >= 11 is 6.02. The van der Waals surface area contributed by atoms with Crippen LogP contribution in [0.1, 0.15) is 0 Å². The van der Waals surface area contributed by atoms with E-state index in [1.165, 1.54) is 0 Å². The summed E-state index contributed by atoms with van der Waals surface area (Å²) in [7, 11) is 0. The van der Waals surface area contributed by atoms with Gasteiger partial charge in [-0.15, -0.1) is 10.2 Å². The van der Waals surface area contributed by atoms with Crippen LogP contribution in [0.25, 0.3) is 32.2 Å². The summed E-state index contributed by atoms with van der Waals surface area (Å²) in [5.74, 6) is 0.197. The second-order valence-electron chi connectivity index (χ2n) is 3.42. The van der Waals surface area contributed by atoms with Crippen molar-refractivity contribution >= 4 is 39.2 Å². The van der Waals surface area contributed by atoms with Crippen molar-refractivity contribution in [1.82, 2.24) is 15.2 Å². The van der Waals surface area contributed by atoms with E-state index in [9.17, 15) is 0 Å². The molecule has 0 unspecified atom stereocenters. The number of aromatic nitrogens is 3. The average molecular weight is 245 g/mol. The van der Waals surface area contributed by atoms with Crippen LogP contribution < -0.4 is 0 Å². The maximum Gasteiger partial charge on any atom is 0.173 e. The van der Waals surface area contributed by atoms with E-state index < -0.39 is 0 Å². The number of halogens is 1. The molecule has 0 saturated carbocycles. The number of hydrogen-bond acceptors (Lipinski definition) is 3. The predicted molar refractivity (Wildman–Crippen MR) is 65.2 cm³/mol. The minimum absolute atomic E-state index is 0.197. The second-order valence-corrected chi connectivity index (χ2v) is 3.78. The lowest BCUT2D eigenvalue weighted by molar-refractivity contribution is 1.04. The number of nitrogens with one attached hydrogen (secondary N) is 1. The third-order valence-corrected chi connectivity index (χ3v) is 2.77. The van der Waals surface area contributed by atoms with E-state index in [1.807, 2.05) is 24.3 Å². The molecule has 7 heteroatoms. The van der Waals surface area contributed by atoms with Crippen molar-refractivity contribution in [3.05, 3.63) is 39.9 Å². The van der Waals surface area contributed by atoms with Crippen LogP contribution in [0.3, 0.4) is 0 Å². The number of hydrogen-bond donors (Lipinski definition) is 1. The maximum atomic E-state index is 8.47. The zero-order chi connectivity index (χ0) is 11.8. The fraction of sp³-hybridized carbons (Fsp3) is 0. The van der Waals surface area contributed by atoms with Crippen LogP contribution in [0, 0.1) is 0 Å². The predicted octanol–water partition coefficient (Wildman–Crippen LogP) is 3.71. The number of H-pyrrole nitrogens is 1.